The molecule has 146 valence electrons. The van der Waals surface area contributed by atoms with Gasteiger partial charge in [-0.25, -0.2) is 8.42 Å². The summed E-state index contributed by atoms with van der Waals surface area (Å²) < 4.78 is 29.7. The summed E-state index contributed by atoms with van der Waals surface area (Å²) in [6, 6.07) is 9.67. The second kappa shape index (κ2) is 7.61. The van der Waals surface area contributed by atoms with E-state index in [0.717, 1.165) is 16.9 Å². The highest BCUT2D eigenvalue weighted by atomic mass is 79.9. The summed E-state index contributed by atoms with van der Waals surface area (Å²) >= 11 is 4.37. The first-order valence-electron chi connectivity index (χ1n) is 8.21. The van der Waals surface area contributed by atoms with Gasteiger partial charge in [-0.05, 0) is 60.6 Å². The first kappa shape index (κ1) is 20.4. The van der Waals surface area contributed by atoms with Crippen LogP contribution in [0.5, 0.6) is 0 Å². The standard InChI is InChI=1S/C17H20BrN3O4S2/c1-21(2)17(20-27(24,25)15-10-9-14(18)26-15)12-6-4-3-5-11(12)7-8-13(19-17)16(22)23/h3-6,9-10,13,19-20H,7-8H2,1-2H3,(H,22,23). The molecule has 0 radical (unpaired) electrons. The average Bonchev–Trinajstić information content (AvgIpc) is 2.97. The molecular formula is C17H20BrN3O4S2. The predicted molar refractivity (Wildman–Crippen MR) is 107 cm³/mol. The number of hydrogen-bond donors (Lipinski definition) is 3. The zero-order chi connectivity index (χ0) is 19.8. The highest BCUT2D eigenvalue weighted by molar-refractivity contribution is 9.11. The third kappa shape index (κ3) is 3.96. The van der Waals surface area contributed by atoms with Crippen LogP contribution in [0.15, 0.2) is 44.4 Å². The van der Waals surface area contributed by atoms with Gasteiger partial charge < -0.3 is 5.11 Å². The molecular weight excluding hydrogens is 454 g/mol. The molecule has 1 aliphatic heterocycles. The average molecular weight is 474 g/mol. The van der Waals surface area contributed by atoms with Crippen LogP contribution in [0.1, 0.15) is 17.5 Å². The van der Waals surface area contributed by atoms with Gasteiger partial charge in [0.05, 0.1) is 3.79 Å². The van der Waals surface area contributed by atoms with E-state index in [4.69, 9.17) is 0 Å². The number of aryl methyl sites for hydroxylation is 1. The normalized spacial score (nSPS) is 23.0. The number of rotatable bonds is 5. The smallest absolute Gasteiger partial charge is 0.320 e. The molecule has 10 heteroatoms. The number of halogens is 1. The van der Waals surface area contributed by atoms with Crippen molar-refractivity contribution in [1.82, 2.24) is 14.9 Å². The summed E-state index contributed by atoms with van der Waals surface area (Å²) in [5, 5.41) is 12.7. The lowest BCUT2D eigenvalue weighted by Gasteiger charge is -2.42. The van der Waals surface area contributed by atoms with Crippen LogP contribution in [-0.4, -0.2) is 44.5 Å². The van der Waals surface area contributed by atoms with Gasteiger partial charge in [0, 0.05) is 5.56 Å². The molecule has 1 aromatic carbocycles. The maximum Gasteiger partial charge on any atom is 0.320 e. The molecule has 7 nitrogen and oxygen atoms in total. The Labute approximate surface area is 170 Å². The minimum Gasteiger partial charge on any atom is -0.480 e. The first-order valence-corrected chi connectivity index (χ1v) is 11.3. The quantitative estimate of drug-likeness (QED) is 0.575. The topological polar surface area (TPSA) is 98.7 Å². The van der Waals surface area contributed by atoms with Crippen molar-refractivity contribution < 1.29 is 18.3 Å². The van der Waals surface area contributed by atoms with Gasteiger partial charge in [-0.3, -0.25) is 15.0 Å². The van der Waals surface area contributed by atoms with Crippen molar-refractivity contribution in [3.8, 4) is 0 Å². The number of carbonyl (C=O) groups is 1. The summed E-state index contributed by atoms with van der Waals surface area (Å²) in [6.07, 6.45) is 0.885. The fourth-order valence-electron chi connectivity index (χ4n) is 3.21. The van der Waals surface area contributed by atoms with Gasteiger partial charge in [0.25, 0.3) is 10.0 Å². The van der Waals surface area contributed by atoms with E-state index in [9.17, 15) is 18.3 Å². The Hall–Kier alpha value is -1.30. The van der Waals surface area contributed by atoms with Gasteiger partial charge in [-0.1, -0.05) is 24.3 Å². The summed E-state index contributed by atoms with van der Waals surface area (Å²) in [4.78, 5) is 13.4. The molecule has 2 atom stereocenters. The maximum absolute atomic E-state index is 13.1. The lowest BCUT2D eigenvalue weighted by Crippen LogP contribution is -2.66. The van der Waals surface area contributed by atoms with Crippen LogP contribution in [0.25, 0.3) is 0 Å². The molecule has 2 heterocycles. The molecule has 0 saturated heterocycles. The van der Waals surface area contributed by atoms with E-state index < -0.39 is 27.8 Å². The fourth-order valence-corrected chi connectivity index (χ4v) is 6.57. The number of thiophene rings is 1. The summed E-state index contributed by atoms with van der Waals surface area (Å²) in [7, 11) is -0.491. The molecule has 2 aromatic rings. The Morgan fingerprint density at radius 1 is 1.33 bits per heavy atom. The van der Waals surface area contributed by atoms with E-state index in [1.165, 1.54) is 6.07 Å². The molecule has 3 rings (SSSR count). The second-order valence-corrected chi connectivity index (χ2v) is 10.9. The van der Waals surface area contributed by atoms with Gasteiger partial charge in [-0.2, -0.15) is 4.72 Å². The van der Waals surface area contributed by atoms with E-state index in [2.05, 4.69) is 26.0 Å². The van der Waals surface area contributed by atoms with Gasteiger partial charge in [0.2, 0.25) is 0 Å². The molecule has 1 aliphatic rings. The van der Waals surface area contributed by atoms with E-state index in [1.807, 2.05) is 24.3 Å². The second-order valence-electron chi connectivity index (χ2n) is 6.50. The summed E-state index contributed by atoms with van der Waals surface area (Å²) in [5.74, 6) is -2.42. The minimum absolute atomic E-state index is 0.144. The van der Waals surface area contributed by atoms with Crippen LogP contribution in [0, 0.1) is 0 Å². The molecule has 0 amide bonds. The van der Waals surface area contributed by atoms with E-state index >= 15 is 0 Å². The zero-order valence-electron chi connectivity index (χ0n) is 14.8. The summed E-state index contributed by atoms with van der Waals surface area (Å²) in [5.41, 5.74) is 1.59. The number of nitrogens with one attached hydrogen (secondary N) is 2. The number of nitrogens with zero attached hydrogens (tertiary/aromatic N) is 1. The maximum atomic E-state index is 13.1. The van der Waals surface area contributed by atoms with Crippen LogP contribution in [-0.2, 0) is 27.0 Å². The van der Waals surface area contributed by atoms with Crippen molar-refractivity contribution in [2.24, 2.45) is 0 Å². The minimum atomic E-state index is -3.91. The van der Waals surface area contributed by atoms with Crippen LogP contribution in [0.2, 0.25) is 0 Å². The molecule has 3 N–H and O–H groups in total. The highest BCUT2D eigenvalue weighted by Crippen LogP contribution is 2.33. The largest absolute Gasteiger partial charge is 0.480 e. The van der Waals surface area contributed by atoms with Crippen LogP contribution in [0.3, 0.4) is 0 Å². The zero-order valence-corrected chi connectivity index (χ0v) is 18.0. The summed E-state index contributed by atoms with van der Waals surface area (Å²) in [6.45, 7) is 0. The van der Waals surface area contributed by atoms with Crippen LogP contribution < -0.4 is 10.0 Å². The Morgan fingerprint density at radius 2 is 2.04 bits per heavy atom. The van der Waals surface area contributed by atoms with Crippen molar-refractivity contribution in [2.45, 2.75) is 28.9 Å². The van der Waals surface area contributed by atoms with Crippen molar-refractivity contribution >= 4 is 43.3 Å². The van der Waals surface area contributed by atoms with E-state index in [1.54, 1.807) is 25.1 Å². The number of aliphatic carboxylic acids is 1. The van der Waals surface area contributed by atoms with Crippen LogP contribution in [0.4, 0.5) is 0 Å². The fraction of sp³-hybridized carbons (Fsp3) is 0.353. The lowest BCUT2D eigenvalue weighted by atomic mass is 9.99. The predicted octanol–water partition coefficient (Wildman–Crippen LogP) is 2.15. The number of benzene rings is 1. The van der Waals surface area contributed by atoms with Gasteiger partial charge >= 0.3 is 5.97 Å². The number of carboxylic acids is 1. The van der Waals surface area contributed by atoms with Gasteiger partial charge in [-0.15, -0.1) is 11.3 Å². The van der Waals surface area contributed by atoms with E-state index in [0.29, 0.717) is 22.2 Å². The SMILES string of the molecule is CN(C)C1(NS(=O)(=O)c2ccc(Br)s2)NC(C(=O)O)CCc2ccccc21. The molecule has 27 heavy (non-hydrogen) atoms. The highest BCUT2D eigenvalue weighted by Gasteiger charge is 2.45. The third-order valence-electron chi connectivity index (χ3n) is 4.56. The number of hydrogen-bond acceptors (Lipinski definition) is 6. The Morgan fingerprint density at radius 3 is 2.63 bits per heavy atom. The monoisotopic (exact) mass is 473 g/mol. The molecule has 0 bridgehead atoms. The van der Waals surface area contributed by atoms with Gasteiger partial charge in [0.15, 0.2) is 5.79 Å². The van der Waals surface area contributed by atoms with Crippen molar-refractivity contribution in [3.05, 3.63) is 51.3 Å². The van der Waals surface area contributed by atoms with Crippen molar-refractivity contribution in [1.29, 1.82) is 0 Å². The Bertz CT molecular complexity index is 961. The number of fused-ring (bicyclic) bond motifs is 1. The van der Waals surface area contributed by atoms with Crippen molar-refractivity contribution in [2.75, 3.05) is 14.1 Å². The molecule has 1 aromatic heterocycles. The molecule has 0 saturated carbocycles. The van der Waals surface area contributed by atoms with Crippen LogP contribution >= 0.6 is 27.3 Å². The third-order valence-corrected chi connectivity index (χ3v) is 8.11. The number of carboxylic acid groups (broad SMARTS) is 1. The lowest BCUT2D eigenvalue weighted by molar-refractivity contribution is -0.141. The Kier molecular flexibility index (Phi) is 5.76. The number of sulfonamides is 1. The van der Waals surface area contributed by atoms with Crippen molar-refractivity contribution in [3.63, 3.8) is 0 Å². The molecule has 0 fully saturated rings. The molecule has 2 unspecified atom stereocenters. The first-order chi connectivity index (χ1) is 12.7. The molecule has 0 spiro atoms. The van der Waals surface area contributed by atoms with E-state index in [-0.39, 0.29) is 4.21 Å². The Balaban J connectivity index is 2.16. The molecule has 0 aliphatic carbocycles. The van der Waals surface area contributed by atoms with Gasteiger partial charge in [0.1, 0.15) is 10.3 Å².